The number of hydrogen-bond acceptors (Lipinski definition) is 8. The number of morpholine rings is 2. The number of nitriles is 2. The van der Waals surface area contributed by atoms with Crippen molar-refractivity contribution in [3.8, 4) is 12.1 Å². The monoisotopic (exact) mass is 548 g/mol. The van der Waals surface area contributed by atoms with E-state index < -0.39 is 11.1 Å². The van der Waals surface area contributed by atoms with E-state index in [2.05, 4.69) is 32.1 Å². The quantitative estimate of drug-likeness (QED) is 0.456. The summed E-state index contributed by atoms with van der Waals surface area (Å²) in [6.45, 7) is 4.25. The second kappa shape index (κ2) is 11.3. The van der Waals surface area contributed by atoms with Crippen LogP contribution in [-0.2, 0) is 20.6 Å². The van der Waals surface area contributed by atoms with Crippen molar-refractivity contribution in [2.24, 2.45) is 0 Å². The molecular formula is C28H26Cl2N6O2. The maximum absolute atomic E-state index is 10.7. The third-order valence-electron chi connectivity index (χ3n) is 7.22. The summed E-state index contributed by atoms with van der Waals surface area (Å²) in [5.41, 5.74) is 0.0235. The van der Waals surface area contributed by atoms with Crippen molar-refractivity contribution in [3.05, 3.63) is 93.2 Å². The highest BCUT2D eigenvalue weighted by Crippen LogP contribution is 2.39. The van der Waals surface area contributed by atoms with Gasteiger partial charge in [-0.25, -0.2) is 0 Å². The summed E-state index contributed by atoms with van der Waals surface area (Å²) < 4.78 is 11.1. The maximum atomic E-state index is 10.7. The molecule has 5 rings (SSSR count). The Morgan fingerprint density at radius 2 is 0.947 bits per heavy atom. The van der Waals surface area contributed by atoms with Crippen LogP contribution in [0.5, 0.6) is 0 Å². The molecule has 0 unspecified atom stereocenters. The van der Waals surface area contributed by atoms with Crippen molar-refractivity contribution < 1.29 is 9.47 Å². The first-order valence-corrected chi connectivity index (χ1v) is 13.1. The van der Waals surface area contributed by atoms with Crippen LogP contribution in [0.2, 0.25) is 10.0 Å². The molecule has 3 heterocycles. The lowest BCUT2D eigenvalue weighted by Gasteiger charge is -2.42. The lowest BCUT2D eigenvalue weighted by Crippen LogP contribution is -2.53. The molecule has 0 spiro atoms. The molecule has 1 aromatic heterocycles. The van der Waals surface area contributed by atoms with Gasteiger partial charge in [0.15, 0.2) is 11.1 Å². The third-order valence-corrected chi connectivity index (χ3v) is 7.73. The molecule has 2 aromatic carbocycles. The second-order valence-corrected chi connectivity index (χ2v) is 10.0. The van der Waals surface area contributed by atoms with Crippen LogP contribution in [0, 0.1) is 22.7 Å². The van der Waals surface area contributed by atoms with Gasteiger partial charge in [0, 0.05) is 36.2 Å². The van der Waals surface area contributed by atoms with Gasteiger partial charge >= 0.3 is 0 Å². The third kappa shape index (κ3) is 4.65. The Morgan fingerprint density at radius 3 is 1.24 bits per heavy atom. The smallest absolute Gasteiger partial charge is 0.179 e. The molecule has 10 heteroatoms. The van der Waals surface area contributed by atoms with E-state index in [0.717, 1.165) is 11.1 Å². The minimum atomic E-state index is -1.20. The topological polar surface area (TPSA) is 98.3 Å². The van der Waals surface area contributed by atoms with E-state index >= 15 is 0 Å². The van der Waals surface area contributed by atoms with Gasteiger partial charge in [-0.3, -0.25) is 9.80 Å². The normalized spacial score (nSPS) is 20.0. The summed E-state index contributed by atoms with van der Waals surface area (Å²) in [4.78, 5) is 4.12. The fraction of sp³-hybridized carbons (Fsp3) is 0.357. The largest absolute Gasteiger partial charge is 0.379 e. The van der Waals surface area contributed by atoms with Gasteiger partial charge in [0.25, 0.3) is 0 Å². The van der Waals surface area contributed by atoms with Crippen LogP contribution in [0.25, 0.3) is 0 Å². The molecule has 2 aliphatic rings. The van der Waals surface area contributed by atoms with E-state index in [9.17, 15) is 10.5 Å². The van der Waals surface area contributed by atoms with E-state index in [1.54, 1.807) is 36.4 Å². The maximum Gasteiger partial charge on any atom is 0.179 e. The molecule has 0 bridgehead atoms. The van der Waals surface area contributed by atoms with Gasteiger partial charge in [-0.1, -0.05) is 47.5 Å². The van der Waals surface area contributed by atoms with Crippen LogP contribution in [0.15, 0.2) is 60.7 Å². The first-order chi connectivity index (χ1) is 18.5. The minimum absolute atomic E-state index is 0.470. The zero-order valence-electron chi connectivity index (χ0n) is 20.7. The first kappa shape index (κ1) is 26.5. The Kier molecular flexibility index (Phi) is 7.92. The van der Waals surface area contributed by atoms with Gasteiger partial charge in [-0.15, -0.1) is 0 Å². The average molecular weight is 549 g/mol. The molecule has 0 aliphatic carbocycles. The average Bonchev–Trinajstić information content (AvgIpc) is 2.98. The molecule has 2 saturated heterocycles. The van der Waals surface area contributed by atoms with Gasteiger partial charge < -0.3 is 9.47 Å². The van der Waals surface area contributed by atoms with Gasteiger partial charge in [-0.2, -0.15) is 20.7 Å². The van der Waals surface area contributed by atoms with Crippen molar-refractivity contribution in [1.29, 1.82) is 10.5 Å². The molecule has 0 amide bonds. The van der Waals surface area contributed by atoms with Crippen LogP contribution >= 0.6 is 23.2 Å². The Bertz CT molecular complexity index is 1220. The highest BCUT2D eigenvalue weighted by molar-refractivity contribution is 6.30. The predicted molar refractivity (Wildman–Crippen MR) is 143 cm³/mol. The molecule has 194 valence electrons. The van der Waals surface area contributed by atoms with E-state index in [4.69, 9.17) is 32.7 Å². The second-order valence-electron chi connectivity index (χ2n) is 9.16. The summed E-state index contributed by atoms with van der Waals surface area (Å²) in [7, 11) is 0. The fourth-order valence-corrected chi connectivity index (χ4v) is 5.52. The van der Waals surface area contributed by atoms with Crippen LogP contribution < -0.4 is 0 Å². The van der Waals surface area contributed by atoms with Crippen molar-refractivity contribution in [2.75, 3.05) is 52.6 Å². The van der Waals surface area contributed by atoms with Crippen molar-refractivity contribution >= 4 is 23.2 Å². The zero-order chi connectivity index (χ0) is 26.6. The Labute approximate surface area is 231 Å². The van der Waals surface area contributed by atoms with Crippen molar-refractivity contribution in [1.82, 2.24) is 20.0 Å². The zero-order valence-corrected chi connectivity index (χ0v) is 22.2. The van der Waals surface area contributed by atoms with Crippen LogP contribution in [0.1, 0.15) is 22.5 Å². The molecule has 0 N–H and O–H groups in total. The molecule has 2 fully saturated rings. The first-order valence-electron chi connectivity index (χ1n) is 12.4. The standard InChI is InChI=1S/C28H26Cl2N6O2/c29-23-5-1-21(2-6-23)27(19-31,35-11-15-37-16-12-35)25-9-10-26(34-33-25)28(20-32,36-13-17-38-18-14-36)22-3-7-24(30)8-4-22/h1-10H,11-18H2/t27-,28-/m0/s1. The number of halogens is 2. The highest BCUT2D eigenvalue weighted by atomic mass is 35.5. The Balaban J connectivity index is 1.64. The van der Waals surface area contributed by atoms with Gasteiger partial charge in [0.2, 0.25) is 0 Å². The summed E-state index contributed by atoms with van der Waals surface area (Å²) in [5, 5.41) is 31.7. The van der Waals surface area contributed by atoms with Crippen molar-refractivity contribution in [3.63, 3.8) is 0 Å². The molecule has 38 heavy (non-hydrogen) atoms. The highest BCUT2D eigenvalue weighted by Gasteiger charge is 2.46. The summed E-state index contributed by atoms with van der Waals surface area (Å²) in [6, 6.07) is 23.1. The summed E-state index contributed by atoms with van der Waals surface area (Å²) >= 11 is 12.3. The molecule has 0 saturated carbocycles. The van der Waals surface area contributed by atoms with E-state index in [-0.39, 0.29) is 0 Å². The number of benzene rings is 2. The van der Waals surface area contributed by atoms with Gasteiger partial charge in [-0.05, 0) is 47.5 Å². The van der Waals surface area contributed by atoms with Crippen LogP contribution in [0.3, 0.4) is 0 Å². The van der Waals surface area contributed by atoms with E-state index in [0.29, 0.717) is 74.0 Å². The van der Waals surface area contributed by atoms with E-state index in [1.165, 1.54) is 0 Å². The molecule has 2 aliphatic heterocycles. The fourth-order valence-electron chi connectivity index (χ4n) is 5.27. The number of hydrogen-bond donors (Lipinski definition) is 0. The lowest BCUT2D eigenvalue weighted by molar-refractivity contribution is 0.00358. The Morgan fingerprint density at radius 1 is 0.605 bits per heavy atom. The van der Waals surface area contributed by atoms with E-state index in [1.807, 2.05) is 24.3 Å². The van der Waals surface area contributed by atoms with Crippen LogP contribution in [-0.4, -0.2) is 72.6 Å². The van der Waals surface area contributed by atoms with Gasteiger partial charge in [0.1, 0.15) is 11.4 Å². The minimum Gasteiger partial charge on any atom is -0.379 e. The summed E-state index contributed by atoms with van der Waals surface area (Å²) in [6.07, 6.45) is 0. The number of aromatic nitrogens is 2. The number of ether oxygens (including phenoxy) is 2. The summed E-state index contributed by atoms with van der Waals surface area (Å²) in [5.74, 6) is 0. The lowest BCUT2D eigenvalue weighted by atomic mass is 9.83. The molecule has 0 radical (unpaired) electrons. The molecule has 2 atom stereocenters. The number of rotatable bonds is 6. The Hall–Kier alpha value is -3.08. The van der Waals surface area contributed by atoms with Crippen LogP contribution in [0.4, 0.5) is 0 Å². The molecular weight excluding hydrogens is 523 g/mol. The van der Waals surface area contributed by atoms with Crippen molar-refractivity contribution in [2.45, 2.75) is 11.1 Å². The predicted octanol–water partition coefficient (Wildman–Crippen LogP) is 3.98. The SMILES string of the molecule is N#C[C@](c1ccc(Cl)cc1)(c1ccc([C@](C#N)(c2ccc(Cl)cc2)N2CCOCC2)nn1)N1CCOCC1. The molecule has 3 aromatic rings. The number of nitrogens with zero attached hydrogens (tertiary/aromatic N) is 6. The van der Waals surface area contributed by atoms with Gasteiger partial charge in [0.05, 0.1) is 38.6 Å². The molecule has 8 nitrogen and oxygen atoms in total.